The second-order valence-electron chi connectivity index (χ2n) is 5.11. The lowest BCUT2D eigenvalue weighted by atomic mass is 10.1. The van der Waals surface area contributed by atoms with Crippen LogP contribution in [0.3, 0.4) is 0 Å². The Kier molecular flexibility index (Phi) is 5.39. The zero-order valence-corrected chi connectivity index (χ0v) is 12.0. The van der Waals surface area contributed by atoms with Crippen LogP contribution in [0.25, 0.3) is 0 Å². The van der Waals surface area contributed by atoms with Crippen molar-refractivity contribution in [1.82, 2.24) is 4.90 Å². The number of piperidine rings is 1. The molecule has 0 spiro atoms. The molecule has 0 aliphatic carbocycles. The Morgan fingerprint density at radius 1 is 1.17 bits per heavy atom. The van der Waals surface area contributed by atoms with Crippen molar-refractivity contribution in [3.8, 4) is 0 Å². The van der Waals surface area contributed by atoms with E-state index in [4.69, 9.17) is 0 Å². The van der Waals surface area contributed by atoms with E-state index in [0.717, 1.165) is 17.9 Å². The molecule has 0 bridgehead atoms. The van der Waals surface area contributed by atoms with Crippen LogP contribution in [0.1, 0.15) is 32.6 Å². The monoisotopic (exact) mass is 265 g/mol. The van der Waals surface area contributed by atoms with Crippen LogP contribution in [0.2, 0.25) is 0 Å². The first kappa shape index (κ1) is 13.8. The second kappa shape index (κ2) is 7.05. The third kappa shape index (κ3) is 3.92. The normalized spacial score (nSPS) is 20.5. The molecule has 100 valence electrons. The summed E-state index contributed by atoms with van der Waals surface area (Å²) in [6, 6.07) is 9.83. The molecular weight excluding hydrogens is 242 g/mol. The summed E-state index contributed by atoms with van der Waals surface area (Å²) in [5.74, 6) is 0. The third-order valence-electron chi connectivity index (χ3n) is 3.64. The molecule has 0 aromatic heterocycles. The lowest BCUT2D eigenvalue weighted by Crippen LogP contribution is -2.32. The first-order valence-electron chi connectivity index (χ1n) is 6.95. The van der Waals surface area contributed by atoms with Gasteiger partial charge in [-0.15, -0.1) is 0 Å². The summed E-state index contributed by atoms with van der Waals surface area (Å²) in [6.07, 6.45) is 5.07. The standard InChI is InChI=1S/C15H23NOS/c1-14(10-13-16-11-6-3-7-12-16)18(17)15-8-4-2-5-9-15/h2,4-5,8-9,14H,3,6-7,10-13H2,1H3. The zero-order chi connectivity index (χ0) is 12.8. The Balaban J connectivity index is 1.80. The highest BCUT2D eigenvalue weighted by Crippen LogP contribution is 2.15. The van der Waals surface area contributed by atoms with Gasteiger partial charge >= 0.3 is 0 Å². The van der Waals surface area contributed by atoms with Gasteiger partial charge in [-0.1, -0.05) is 31.5 Å². The van der Waals surface area contributed by atoms with Crippen LogP contribution in [0.4, 0.5) is 0 Å². The summed E-state index contributed by atoms with van der Waals surface area (Å²) in [4.78, 5) is 3.48. The van der Waals surface area contributed by atoms with E-state index in [1.54, 1.807) is 0 Å². The molecule has 0 saturated carbocycles. The lowest BCUT2D eigenvalue weighted by molar-refractivity contribution is 0.226. The number of hydrogen-bond donors (Lipinski definition) is 0. The number of hydrogen-bond acceptors (Lipinski definition) is 2. The maximum atomic E-state index is 12.3. The maximum Gasteiger partial charge on any atom is 0.0558 e. The summed E-state index contributed by atoms with van der Waals surface area (Å²) in [5.41, 5.74) is 0. The molecule has 2 atom stereocenters. The van der Waals surface area contributed by atoms with Crippen LogP contribution in [0.5, 0.6) is 0 Å². The highest BCUT2D eigenvalue weighted by molar-refractivity contribution is 7.85. The average Bonchev–Trinajstić information content (AvgIpc) is 2.46. The number of rotatable bonds is 5. The molecule has 2 rings (SSSR count). The molecule has 1 fully saturated rings. The predicted octanol–water partition coefficient (Wildman–Crippen LogP) is 3.06. The molecule has 2 unspecified atom stereocenters. The predicted molar refractivity (Wildman–Crippen MR) is 77.2 cm³/mol. The van der Waals surface area contributed by atoms with Gasteiger partial charge in [0, 0.05) is 10.1 Å². The number of likely N-dealkylation sites (tertiary alicyclic amines) is 1. The van der Waals surface area contributed by atoms with Gasteiger partial charge in [-0.05, 0) is 51.0 Å². The summed E-state index contributed by atoms with van der Waals surface area (Å²) in [5, 5.41) is 0.245. The van der Waals surface area contributed by atoms with Crippen molar-refractivity contribution in [3.05, 3.63) is 30.3 Å². The summed E-state index contributed by atoms with van der Waals surface area (Å²) in [7, 11) is -0.859. The van der Waals surface area contributed by atoms with Crippen LogP contribution < -0.4 is 0 Å². The Morgan fingerprint density at radius 3 is 2.50 bits per heavy atom. The largest absolute Gasteiger partial charge is 0.303 e. The minimum Gasteiger partial charge on any atom is -0.303 e. The summed E-state index contributed by atoms with van der Waals surface area (Å²) >= 11 is 0. The Labute approximate surface area is 113 Å². The van der Waals surface area contributed by atoms with Gasteiger partial charge in [-0.3, -0.25) is 4.21 Å². The highest BCUT2D eigenvalue weighted by Gasteiger charge is 2.16. The van der Waals surface area contributed by atoms with Crippen molar-refractivity contribution in [1.29, 1.82) is 0 Å². The van der Waals surface area contributed by atoms with Crippen LogP contribution in [0.15, 0.2) is 35.2 Å². The fourth-order valence-corrected chi connectivity index (χ4v) is 3.65. The third-order valence-corrected chi connectivity index (χ3v) is 5.34. The van der Waals surface area contributed by atoms with Crippen LogP contribution >= 0.6 is 0 Å². The van der Waals surface area contributed by atoms with Gasteiger partial charge in [-0.25, -0.2) is 0 Å². The van der Waals surface area contributed by atoms with Gasteiger partial charge in [-0.2, -0.15) is 0 Å². The molecule has 1 heterocycles. The van der Waals surface area contributed by atoms with Crippen molar-refractivity contribution in [3.63, 3.8) is 0 Å². The molecule has 0 amide bonds. The van der Waals surface area contributed by atoms with Gasteiger partial charge in [0.25, 0.3) is 0 Å². The SMILES string of the molecule is CC(CCN1CCCCC1)S(=O)c1ccccc1. The number of nitrogens with zero attached hydrogens (tertiary/aromatic N) is 1. The molecule has 3 heteroatoms. The molecule has 1 aliphatic rings. The maximum absolute atomic E-state index is 12.3. The van der Waals surface area contributed by atoms with Crippen molar-refractivity contribution in [2.24, 2.45) is 0 Å². The highest BCUT2D eigenvalue weighted by atomic mass is 32.2. The van der Waals surface area contributed by atoms with E-state index in [1.807, 2.05) is 30.3 Å². The number of benzene rings is 1. The minimum absolute atomic E-state index is 0.245. The van der Waals surface area contributed by atoms with Crippen molar-refractivity contribution in [2.75, 3.05) is 19.6 Å². The van der Waals surface area contributed by atoms with Crippen molar-refractivity contribution in [2.45, 2.75) is 42.8 Å². The Morgan fingerprint density at radius 2 is 1.83 bits per heavy atom. The topological polar surface area (TPSA) is 20.3 Å². The first-order valence-corrected chi connectivity index (χ1v) is 8.16. The van der Waals surface area contributed by atoms with Crippen LogP contribution in [-0.4, -0.2) is 34.0 Å². The van der Waals surface area contributed by atoms with E-state index < -0.39 is 10.8 Å². The molecule has 1 aromatic carbocycles. The minimum atomic E-state index is -0.859. The van der Waals surface area contributed by atoms with Crippen molar-refractivity contribution >= 4 is 10.8 Å². The molecule has 1 aromatic rings. The van der Waals surface area contributed by atoms with E-state index in [0.29, 0.717) is 0 Å². The van der Waals surface area contributed by atoms with Crippen molar-refractivity contribution < 1.29 is 4.21 Å². The first-order chi connectivity index (χ1) is 8.77. The Hall–Kier alpha value is -0.670. The van der Waals surface area contributed by atoms with Gasteiger partial charge in [0.05, 0.1) is 10.8 Å². The van der Waals surface area contributed by atoms with E-state index >= 15 is 0 Å². The fourth-order valence-electron chi connectivity index (χ4n) is 2.44. The molecular formula is C15H23NOS. The fraction of sp³-hybridized carbons (Fsp3) is 0.600. The van der Waals surface area contributed by atoms with E-state index in [1.165, 1.54) is 32.4 Å². The van der Waals surface area contributed by atoms with E-state index in [-0.39, 0.29) is 5.25 Å². The van der Waals surface area contributed by atoms with Gasteiger partial charge in [0.2, 0.25) is 0 Å². The van der Waals surface area contributed by atoms with Gasteiger partial charge in [0.1, 0.15) is 0 Å². The molecule has 0 N–H and O–H groups in total. The second-order valence-corrected chi connectivity index (χ2v) is 6.98. The van der Waals surface area contributed by atoms with Crippen LogP contribution in [-0.2, 0) is 10.8 Å². The van der Waals surface area contributed by atoms with Crippen LogP contribution in [0, 0.1) is 0 Å². The summed E-state index contributed by atoms with van der Waals surface area (Å²) < 4.78 is 12.3. The zero-order valence-electron chi connectivity index (χ0n) is 11.2. The lowest BCUT2D eigenvalue weighted by Gasteiger charge is -2.27. The Bertz CT molecular complexity index is 373. The summed E-state index contributed by atoms with van der Waals surface area (Å²) in [6.45, 7) is 5.65. The molecule has 2 nitrogen and oxygen atoms in total. The quantitative estimate of drug-likeness (QED) is 0.815. The van der Waals surface area contributed by atoms with E-state index in [9.17, 15) is 4.21 Å². The van der Waals surface area contributed by atoms with Gasteiger partial charge in [0.15, 0.2) is 0 Å². The van der Waals surface area contributed by atoms with E-state index in [2.05, 4.69) is 11.8 Å². The molecule has 18 heavy (non-hydrogen) atoms. The molecule has 0 radical (unpaired) electrons. The smallest absolute Gasteiger partial charge is 0.0558 e. The molecule has 1 saturated heterocycles. The average molecular weight is 265 g/mol. The molecule has 1 aliphatic heterocycles. The van der Waals surface area contributed by atoms with Gasteiger partial charge < -0.3 is 4.90 Å².